The van der Waals surface area contributed by atoms with Gasteiger partial charge in [-0.25, -0.2) is 0 Å². The fourth-order valence-corrected chi connectivity index (χ4v) is 9.68. The van der Waals surface area contributed by atoms with Crippen LogP contribution in [0.2, 0.25) is 0 Å². The van der Waals surface area contributed by atoms with Crippen LogP contribution in [0.25, 0.3) is 0 Å². The van der Waals surface area contributed by atoms with E-state index in [2.05, 4.69) is 35.6 Å². The van der Waals surface area contributed by atoms with Crippen LogP contribution in [-0.2, 0) is 27.2 Å². The van der Waals surface area contributed by atoms with Crippen molar-refractivity contribution in [3.8, 4) is 0 Å². The molecule has 0 aromatic heterocycles. The van der Waals surface area contributed by atoms with E-state index in [4.69, 9.17) is 18.1 Å². The normalized spacial score (nSPS) is 12.5. The lowest BCUT2D eigenvalue weighted by molar-refractivity contribution is 0.190. The van der Waals surface area contributed by atoms with Crippen molar-refractivity contribution < 1.29 is 27.2 Å². The summed E-state index contributed by atoms with van der Waals surface area (Å²) in [6.45, 7) is 8.19. The van der Waals surface area contributed by atoms with Crippen molar-refractivity contribution in [3.63, 3.8) is 0 Å². The van der Waals surface area contributed by atoms with E-state index in [-0.39, 0.29) is 26.4 Å². The summed E-state index contributed by atoms with van der Waals surface area (Å²) in [7, 11) is -7.47. The zero-order chi connectivity index (χ0) is 25.8. The minimum atomic E-state index is -3.74. The molecule has 0 aliphatic rings. The second kappa shape index (κ2) is 19.9. The number of rotatable bonds is 23. The van der Waals surface area contributed by atoms with Gasteiger partial charge in [0, 0.05) is 4.90 Å². The van der Waals surface area contributed by atoms with E-state index in [1.165, 1.54) is 42.8 Å². The third-order valence-electron chi connectivity index (χ3n) is 5.25. The van der Waals surface area contributed by atoms with Crippen molar-refractivity contribution >= 4 is 27.0 Å². The number of thioether (sulfide) groups is 1. The number of benzene rings is 1. The molecule has 1 rings (SSSR count). The quantitative estimate of drug-likeness (QED) is 0.0826. The van der Waals surface area contributed by atoms with E-state index in [0.717, 1.165) is 19.3 Å². The van der Waals surface area contributed by atoms with Gasteiger partial charge in [0.15, 0.2) is 0 Å². The fraction of sp³-hybridized carbons (Fsp3) is 0.760. The Labute approximate surface area is 217 Å². The molecular formula is C25H47NO6P2S. The molecule has 0 aliphatic heterocycles. The second-order valence-electron chi connectivity index (χ2n) is 8.07. The number of unbranched alkanes of at least 4 members (excludes halogenated alkanes) is 7. The minimum absolute atomic E-state index is 0.179. The summed E-state index contributed by atoms with van der Waals surface area (Å²) in [6.07, 6.45) is 9.33. The van der Waals surface area contributed by atoms with Crippen LogP contribution in [-0.4, -0.2) is 44.2 Å². The first-order valence-corrected chi connectivity index (χ1v) is 17.3. The zero-order valence-electron chi connectivity index (χ0n) is 22.1. The minimum Gasteiger partial charge on any atom is -0.307 e. The first-order chi connectivity index (χ1) is 17.0. The van der Waals surface area contributed by atoms with E-state index in [0.29, 0.717) is 6.54 Å². The van der Waals surface area contributed by atoms with Crippen molar-refractivity contribution in [2.45, 2.75) is 89.5 Å². The summed E-state index contributed by atoms with van der Waals surface area (Å²) < 4.78 is 48.9. The first-order valence-electron chi connectivity index (χ1n) is 13.1. The van der Waals surface area contributed by atoms with Crippen LogP contribution in [0.1, 0.15) is 79.1 Å². The van der Waals surface area contributed by atoms with Gasteiger partial charge in [-0.15, -0.1) is 11.8 Å². The molecule has 1 N–H and O–H groups in total. The zero-order valence-corrected chi connectivity index (χ0v) is 24.7. The Morgan fingerprint density at radius 3 is 1.57 bits per heavy atom. The molecule has 0 heterocycles. The van der Waals surface area contributed by atoms with Gasteiger partial charge in [-0.2, -0.15) is 0 Å². The highest BCUT2D eigenvalue weighted by Gasteiger charge is 2.50. The van der Waals surface area contributed by atoms with Crippen LogP contribution in [0.5, 0.6) is 0 Å². The molecule has 35 heavy (non-hydrogen) atoms. The summed E-state index contributed by atoms with van der Waals surface area (Å²) in [6, 6.07) is 10.6. The molecule has 0 spiro atoms. The molecule has 1 aromatic rings. The Morgan fingerprint density at radius 1 is 0.686 bits per heavy atom. The molecule has 0 radical (unpaired) electrons. The van der Waals surface area contributed by atoms with Crippen LogP contribution < -0.4 is 5.32 Å². The number of hydrogen-bond acceptors (Lipinski definition) is 8. The second-order valence-corrected chi connectivity index (χ2v) is 13.9. The highest BCUT2D eigenvalue weighted by molar-refractivity contribution is 7.99. The van der Waals surface area contributed by atoms with Gasteiger partial charge >= 0.3 is 15.2 Å². The Morgan fingerprint density at radius 2 is 1.11 bits per heavy atom. The number of hydrogen-bond donors (Lipinski definition) is 1. The van der Waals surface area contributed by atoms with E-state index in [9.17, 15) is 9.13 Å². The SMILES string of the molecule is CCOP(=O)(OCC)C(NCCCCCCCCCCSc1ccccc1)P(=O)(OCC)OCC. The summed E-state index contributed by atoms with van der Waals surface area (Å²) in [4.78, 5) is 1.35. The van der Waals surface area contributed by atoms with Gasteiger partial charge in [0.05, 0.1) is 26.4 Å². The molecule has 0 unspecified atom stereocenters. The van der Waals surface area contributed by atoms with Gasteiger partial charge in [-0.05, 0) is 65.0 Å². The highest BCUT2D eigenvalue weighted by Crippen LogP contribution is 2.69. The van der Waals surface area contributed by atoms with Crippen molar-refractivity contribution in [2.24, 2.45) is 0 Å². The molecule has 0 amide bonds. The Bertz CT molecular complexity index is 690. The van der Waals surface area contributed by atoms with Gasteiger partial charge in [-0.1, -0.05) is 56.7 Å². The molecular weight excluding hydrogens is 504 g/mol. The summed E-state index contributed by atoms with van der Waals surface area (Å²) in [5.41, 5.74) is -1.14. The van der Waals surface area contributed by atoms with Gasteiger partial charge < -0.3 is 18.1 Å². The van der Waals surface area contributed by atoms with Crippen molar-refractivity contribution in [1.82, 2.24) is 5.32 Å². The lowest BCUT2D eigenvalue weighted by Gasteiger charge is -2.31. The molecule has 0 saturated carbocycles. The molecule has 204 valence electrons. The third kappa shape index (κ3) is 13.3. The van der Waals surface area contributed by atoms with Crippen molar-refractivity contribution in [1.29, 1.82) is 0 Å². The predicted octanol–water partition coefficient (Wildman–Crippen LogP) is 8.30. The molecule has 7 nitrogen and oxygen atoms in total. The van der Waals surface area contributed by atoms with Crippen molar-refractivity contribution in [3.05, 3.63) is 30.3 Å². The Balaban J connectivity index is 2.34. The van der Waals surface area contributed by atoms with Crippen LogP contribution in [0.15, 0.2) is 35.2 Å². The molecule has 0 atom stereocenters. The standard InChI is InChI=1S/C25H47NO6P2S/c1-5-29-33(27,30-6-2)25(34(28,31-7-3)32-8-4)26-22-18-13-11-9-10-12-14-19-23-35-24-20-16-15-17-21-24/h15-17,20-21,25-26H,5-14,18-19,22-23H2,1-4H3. The fourth-order valence-electron chi connectivity index (χ4n) is 3.70. The average Bonchev–Trinajstić information content (AvgIpc) is 2.83. The summed E-state index contributed by atoms with van der Waals surface area (Å²) in [5.74, 6) is 1.18. The van der Waals surface area contributed by atoms with Crippen LogP contribution in [0.3, 0.4) is 0 Å². The summed E-state index contributed by atoms with van der Waals surface area (Å²) in [5, 5.41) is 3.15. The summed E-state index contributed by atoms with van der Waals surface area (Å²) >= 11 is 1.93. The Kier molecular flexibility index (Phi) is 18.7. The largest absolute Gasteiger partial charge is 0.359 e. The molecule has 1 aromatic carbocycles. The van der Waals surface area contributed by atoms with E-state index < -0.39 is 20.7 Å². The molecule has 0 saturated heterocycles. The van der Waals surface area contributed by atoms with E-state index in [1.807, 2.05) is 11.8 Å². The van der Waals surface area contributed by atoms with Gasteiger partial charge in [0.1, 0.15) is 0 Å². The first kappa shape index (κ1) is 32.9. The Hall–Kier alpha value is -0.170. The lowest BCUT2D eigenvalue weighted by atomic mass is 10.1. The van der Waals surface area contributed by atoms with Gasteiger partial charge in [0.25, 0.3) is 0 Å². The predicted molar refractivity (Wildman–Crippen MR) is 148 cm³/mol. The van der Waals surface area contributed by atoms with Gasteiger partial charge in [0.2, 0.25) is 5.52 Å². The number of nitrogens with one attached hydrogen (secondary N) is 1. The third-order valence-corrected chi connectivity index (χ3v) is 12.1. The van der Waals surface area contributed by atoms with Crippen LogP contribution >= 0.6 is 27.0 Å². The monoisotopic (exact) mass is 551 g/mol. The highest BCUT2D eigenvalue weighted by atomic mass is 32.2. The maximum atomic E-state index is 13.5. The lowest BCUT2D eigenvalue weighted by Crippen LogP contribution is -2.33. The average molecular weight is 552 g/mol. The smallest absolute Gasteiger partial charge is 0.307 e. The molecule has 0 aliphatic carbocycles. The maximum absolute atomic E-state index is 13.5. The topological polar surface area (TPSA) is 83.1 Å². The molecule has 0 fully saturated rings. The van der Waals surface area contributed by atoms with Crippen LogP contribution in [0, 0.1) is 0 Å². The van der Waals surface area contributed by atoms with Crippen LogP contribution in [0.4, 0.5) is 0 Å². The van der Waals surface area contributed by atoms with E-state index in [1.54, 1.807) is 27.7 Å². The van der Waals surface area contributed by atoms with Crippen molar-refractivity contribution in [2.75, 3.05) is 38.7 Å². The maximum Gasteiger partial charge on any atom is 0.359 e. The molecule has 0 bridgehead atoms. The van der Waals surface area contributed by atoms with E-state index >= 15 is 0 Å². The van der Waals surface area contributed by atoms with Gasteiger partial charge in [-0.3, -0.25) is 14.4 Å². The molecule has 10 heteroatoms.